The largest absolute Gasteiger partial charge is 0.380 e. The van der Waals surface area contributed by atoms with Crippen LogP contribution in [0.2, 0.25) is 0 Å². The molecule has 0 unspecified atom stereocenters. The molecule has 0 aliphatic carbocycles. The molecule has 0 rings (SSSR count). The van der Waals surface area contributed by atoms with Crippen LogP contribution < -0.4 is 5.73 Å². The van der Waals surface area contributed by atoms with Crippen LogP contribution in [0.1, 0.15) is 26.7 Å². The van der Waals surface area contributed by atoms with Crippen LogP contribution in [-0.2, 0) is 4.79 Å². The molecular weight excluding hydrogens is 118 g/mol. The number of hydrogen-bond acceptors (Lipinski definition) is 2. The summed E-state index contributed by atoms with van der Waals surface area (Å²) < 4.78 is 0. The maximum atomic E-state index is 10.5. The molecule has 54 valence electrons. The Morgan fingerprint density at radius 1 is 1.56 bits per heavy atom. The topological polar surface area (TPSA) is 63.3 Å². The first-order valence-electron chi connectivity index (χ1n) is 3.09. The molecule has 0 aromatic rings. The summed E-state index contributed by atoms with van der Waals surface area (Å²) in [4.78, 5) is 10.5. The Morgan fingerprint density at radius 3 is 1.89 bits per heavy atom. The Kier molecular flexibility index (Phi) is 2.65. The molecule has 0 aromatic heterocycles. The number of carbonyl (C=O) groups excluding carboxylic acids is 1. The van der Waals surface area contributed by atoms with Gasteiger partial charge in [0.2, 0.25) is 5.91 Å². The molecule has 0 saturated heterocycles. The lowest BCUT2D eigenvalue weighted by atomic mass is 9.97. The summed E-state index contributed by atoms with van der Waals surface area (Å²) in [5, 5.41) is 9.23. The van der Waals surface area contributed by atoms with Crippen LogP contribution in [0.4, 0.5) is 0 Å². The Labute approximate surface area is 54.9 Å². The van der Waals surface area contributed by atoms with E-state index in [2.05, 4.69) is 0 Å². The third kappa shape index (κ3) is 1.68. The van der Waals surface area contributed by atoms with Crippen LogP contribution in [-0.4, -0.2) is 16.6 Å². The van der Waals surface area contributed by atoms with Crippen molar-refractivity contribution in [3.63, 3.8) is 0 Å². The van der Waals surface area contributed by atoms with Crippen LogP contribution in [0.3, 0.4) is 0 Å². The van der Waals surface area contributed by atoms with Crippen molar-refractivity contribution >= 4 is 5.91 Å². The lowest BCUT2D eigenvalue weighted by molar-refractivity contribution is -0.136. The molecule has 1 amide bonds. The highest BCUT2D eigenvalue weighted by Crippen LogP contribution is 2.12. The number of carbonyl (C=O) groups is 1. The fraction of sp³-hybridized carbons (Fsp3) is 0.833. The molecule has 0 bridgehead atoms. The average Bonchev–Trinajstić information content (AvgIpc) is 1.86. The molecule has 0 heterocycles. The van der Waals surface area contributed by atoms with Gasteiger partial charge in [-0.1, -0.05) is 13.8 Å². The van der Waals surface area contributed by atoms with Crippen molar-refractivity contribution in [3.8, 4) is 0 Å². The average molecular weight is 131 g/mol. The van der Waals surface area contributed by atoms with Crippen molar-refractivity contribution in [1.82, 2.24) is 0 Å². The second-order valence-electron chi connectivity index (χ2n) is 2.10. The molecule has 0 fully saturated rings. The molecule has 3 nitrogen and oxygen atoms in total. The van der Waals surface area contributed by atoms with Crippen molar-refractivity contribution < 1.29 is 9.90 Å². The maximum Gasteiger partial charge on any atom is 0.249 e. The van der Waals surface area contributed by atoms with Crippen molar-refractivity contribution in [3.05, 3.63) is 0 Å². The van der Waals surface area contributed by atoms with E-state index < -0.39 is 11.5 Å². The van der Waals surface area contributed by atoms with Gasteiger partial charge in [0.05, 0.1) is 0 Å². The van der Waals surface area contributed by atoms with Crippen molar-refractivity contribution in [1.29, 1.82) is 0 Å². The van der Waals surface area contributed by atoms with E-state index in [1.54, 1.807) is 13.8 Å². The Morgan fingerprint density at radius 2 is 1.89 bits per heavy atom. The van der Waals surface area contributed by atoms with Gasteiger partial charge in [-0.05, 0) is 12.8 Å². The zero-order valence-electron chi connectivity index (χ0n) is 5.85. The van der Waals surface area contributed by atoms with E-state index in [1.807, 2.05) is 0 Å². The first-order valence-corrected chi connectivity index (χ1v) is 3.09. The predicted octanol–water partition coefficient (Wildman–Crippen LogP) is 0.0228. The van der Waals surface area contributed by atoms with Crippen LogP contribution >= 0.6 is 0 Å². The normalized spacial score (nSPS) is 11.4. The summed E-state index contributed by atoms with van der Waals surface area (Å²) in [6.07, 6.45) is 0.775. The maximum absolute atomic E-state index is 10.5. The minimum atomic E-state index is -1.28. The molecule has 0 spiro atoms. The van der Waals surface area contributed by atoms with Crippen molar-refractivity contribution in [2.45, 2.75) is 32.3 Å². The van der Waals surface area contributed by atoms with Gasteiger partial charge < -0.3 is 10.8 Å². The standard InChI is InChI=1S/C6H13NO2/c1-3-6(9,4-2)5(7)8/h9H,3-4H2,1-2H3,(H2,7,8). The third-order valence-corrected chi connectivity index (χ3v) is 1.63. The summed E-state index contributed by atoms with van der Waals surface area (Å²) in [5.41, 5.74) is 3.63. The van der Waals surface area contributed by atoms with Gasteiger partial charge >= 0.3 is 0 Å². The zero-order valence-corrected chi connectivity index (χ0v) is 5.85. The number of hydrogen-bond donors (Lipinski definition) is 2. The highest BCUT2D eigenvalue weighted by Gasteiger charge is 2.28. The van der Waals surface area contributed by atoms with E-state index in [0.717, 1.165) is 0 Å². The van der Waals surface area contributed by atoms with E-state index in [1.165, 1.54) is 0 Å². The quantitative estimate of drug-likeness (QED) is 0.567. The second-order valence-corrected chi connectivity index (χ2v) is 2.10. The van der Waals surface area contributed by atoms with Gasteiger partial charge in [-0.15, -0.1) is 0 Å². The van der Waals surface area contributed by atoms with E-state index in [0.29, 0.717) is 12.8 Å². The molecule has 0 atom stereocenters. The van der Waals surface area contributed by atoms with Gasteiger partial charge in [0.25, 0.3) is 0 Å². The van der Waals surface area contributed by atoms with Gasteiger partial charge in [0, 0.05) is 0 Å². The number of rotatable bonds is 3. The minimum Gasteiger partial charge on any atom is -0.380 e. The lowest BCUT2D eigenvalue weighted by Gasteiger charge is -2.19. The summed E-state index contributed by atoms with van der Waals surface area (Å²) in [5.74, 6) is -0.632. The molecule has 0 aliphatic heterocycles. The Bertz CT molecular complexity index is 108. The first kappa shape index (κ1) is 8.43. The second kappa shape index (κ2) is 2.82. The van der Waals surface area contributed by atoms with Gasteiger partial charge in [-0.3, -0.25) is 4.79 Å². The number of nitrogens with two attached hydrogens (primary N) is 1. The SMILES string of the molecule is CCC(O)(CC)C(N)=O. The lowest BCUT2D eigenvalue weighted by Crippen LogP contribution is -2.42. The van der Waals surface area contributed by atoms with Crippen molar-refractivity contribution in [2.75, 3.05) is 0 Å². The molecule has 0 saturated carbocycles. The monoisotopic (exact) mass is 131 g/mol. The molecule has 9 heavy (non-hydrogen) atoms. The predicted molar refractivity (Wildman–Crippen MR) is 34.7 cm³/mol. The minimum absolute atomic E-state index is 0.388. The van der Waals surface area contributed by atoms with Crippen LogP contribution in [0.25, 0.3) is 0 Å². The fourth-order valence-corrected chi connectivity index (χ4v) is 0.598. The molecule has 3 N–H and O–H groups in total. The summed E-state index contributed by atoms with van der Waals surface area (Å²) >= 11 is 0. The number of primary amides is 1. The first-order chi connectivity index (χ1) is 4.06. The summed E-state index contributed by atoms with van der Waals surface area (Å²) in [7, 11) is 0. The van der Waals surface area contributed by atoms with E-state index in [4.69, 9.17) is 5.73 Å². The molecule has 0 aromatic carbocycles. The fourth-order valence-electron chi connectivity index (χ4n) is 0.598. The van der Waals surface area contributed by atoms with Gasteiger partial charge in [-0.25, -0.2) is 0 Å². The van der Waals surface area contributed by atoms with E-state index in [9.17, 15) is 9.90 Å². The van der Waals surface area contributed by atoms with Crippen LogP contribution in [0.5, 0.6) is 0 Å². The van der Waals surface area contributed by atoms with E-state index in [-0.39, 0.29) is 0 Å². The third-order valence-electron chi connectivity index (χ3n) is 1.63. The highest BCUT2D eigenvalue weighted by atomic mass is 16.3. The van der Waals surface area contributed by atoms with E-state index >= 15 is 0 Å². The van der Waals surface area contributed by atoms with Crippen LogP contribution in [0.15, 0.2) is 0 Å². The van der Waals surface area contributed by atoms with Gasteiger partial charge in [0.1, 0.15) is 5.60 Å². The number of aliphatic hydroxyl groups is 1. The van der Waals surface area contributed by atoms with Crippen LogP contribution in [0, 0.1) is 0 Å². The van der Waals surface area contributed by atoms with Crippen molar-refractivity contribution in [2.24, 2.45) is 5.73 Å². The smallest absolute Gasteiger partial charge is 0.249 e. The molecule has 0 aliphatic rings. The van der Waals surface area contributed by atoms with Gasteiger partial charge in [-0.2, -0.15) is 0 Å². The Hall–Kier alpha value is -0.570. The number of amides is 1. The summed E-state index contributed by atoms with van der Waals surface area (Å²) in [6.45, 7) is 3.46. The summed E-state index contributed by atoms with van der Waals surface area (Å²) in [6, 6.07) is 0. The molecule has 3 heteroatoms. The molecular formula is C6H13NO2. The molecule has 0 radical (unpaired) electrons. The Balaban J connectivity index is 4.09. The van der Waals surface area contributed by atoms with Gasteiger partial charge in [0.15, 0.2) is 0 Å². The zero-order chi connectivity index (χ0) is 7.49. The highest BCUT2D eigenvalue weighted by molar-refractivity contribution is 5.82.